The number of benzene rings is 1. The number of hydrogen-bond donors (Lipinski definition) is 4. The van der Waals surface area contributed by atoms with Gasteiger partial charge in [-0.3, -0.25) is 9.36 Å². The first kappa shape index (κ1) is 30.9. The highest BCUT2D eigenvalue weighted by Gasteiger charge is 2.65. The number of ether oxygens (including phenoxy) is 2. The maximum atomic E-state index is 16.3. The van der Waals surface area contributed by atoms with Gasteiger partial charge in [0.2, 0.25) is 5.95 Å². The summed E-state index contributed by atoms with van der Waals surface area (Å²) in [5, 5.41) is 16.4. The summed E-state index contributed by atoms with van der Waals surface area (Å²) in [6.07, 6.45) is -3.31. The normalized spacial score (nSPS) is 26.6. The van der Waals surface area contributed by atoms with Gasteiger partial charge in [0.1, 0.15) is 18.4 Å². The molecule has 3 heterocycles. The topological polar surface area (TPSA) is 168 Å². The fraction of sp³-hybridized carbons (Fsp3) is 0.500. The van der Waals surface area contributed by atoms with E-state index in [0.717, 1.165) is 11.5 Å². The number of esters is 1. The molecule has 5 N–H and O–H groups in total. The third kappa shape index (κ3) is 6.42. The van der Waals surface area contributed by atoms with E-state index in [1.54, 1.807) is 51.2 Å². The quantitative estimate of drug-likeness (QED) is 0.184. The van der Waals surface area contributed by atoms with Crippen LogP contribution in [0.15, 0.2) is 36.7 Å². The summed E-state index contributed by atoms with van der Waals surface area (Å²) in [5.74, 6) is -3.37. The van der Waals surface area contributed by atoms with Crippen molar-refractivity contribution >= 4 is 47.3 Å². The van der Waals surface area contributed by atoms with Crippen LogP contribution in [0, 0.1) is 0 Å². The number of nitrogens with one attached hydrogen (secondary N) is 2. The molecule has 0 bridgehead atoms. The van der Waals surface area contributed by atoms with Gasteiger partial charge in [-0.1, -0.05) is 18.2 Å². The molecule has 1 fully saturated rings. The van der Waals surface area contributed by atoms with Crippen LogP contribution in [0.25, 0.3) is 11.2 Å². The molecule has 0 saturated carbocycles. The smallest absolute Gasteiger partial charge is 0.323 e. The van der Waals surface area contributed by atoms with Crippen molar-refractivity contribution in [3.8, 4) is 5.75 Å². The molecule has 0 radical (unpaired) electrons. The fourth-order valence-corrected chi connectivity index (χ4v) is 6.55. The third-order valence-electron chi connectivity index (χ3n) is 6.12. The highest BCUT2D eigenvalue weighted by molar-refractivity contribution is 8.09. The van der Waals surface area contributed by atoms with Crippen LogP contribution in [-0.4, -0.2) is 74.0 Å². The Labute approximate surface area is 240 Å². The van der Waals surface area contributed by atoms with Crippen LogP contribution in [0.3, 0.4) is 0 Å². The molecular weight excluding hydrogens is 583 g/mol. The number of nitrogens with two attached hydrogens (primary N) is 1. The SMILES string of the molecule is CNc1nc(N)nc2c1ncn2[C@@H]1O[C@](F)(COP(=S)(N[C@H](C)C(=O)OC(C)C)Oc2ccccc2)[C@@H](O)[C@@]1(C)F. The summed E-state index contributed by atoms with van der Waals surface area (Å²) in [5.41, 5.74) is 3.35. The van der Waals surface area contributed by atoms with E-state index in [0.29, 0.717) is 0 Å². The second-order valence-electron chi connectivity index (χ2n) is 9.83. The minimum absolute atomic E-state index is 0.0461. The largest absolute Gasteiger partial charge is 0.462 e. The maximum absolute atomic E-state index is 16.3. The number of rotatable bonds is 11. The van der Waals surface area contributed by atoms with Crippen molar-refractivity contribution in [2.45, 2.75) is 63.7 Å². The summed E-state index contributed by atoms with van der Waals surface area (Å²) in [6, 6.07) is 7.25. The molecule has 3 aromatic rings. The van der Waals surface area contributed by atoms with Crippen LogP contribution >= 0.6 is 6.64 Å². The number of aromatic nitrogens is 4. The zero-order valence-electron chi connectivity index (χ0n) is 22.9. The van der Waals surface area contributed by atoms with Crippen LogP contribution in [0.4, 0.5) is 20.5 Å². The van der Waals surface area contributed by atoms with Crippen molar-refractivity contribution < 1.29 is 37.2 Å². The van der Waals surface area contributed by atoms with Gasteiger partial charge in [0.15, 0.2) is 35.0 Å². The van der Waals surface area contributed by atoms with Crippen LogP contribution in [0.2, 0.25) is 0 Å². The third-order valence-corrected chi connectivity index (χ3v) is 8.60. The van der Waals surface area contributed by atoms with Gasteiger partial charge in [-0.25, -0.2) is 18.9 Å². The number of anilines is 2. The molecule has 224 valence electrons. The molecular formula is C24H32F2N7O6PS. The van der Waals surface area contributed by atoms with E-state index in [2.05, 4.69) is 25.4 Å². The number of hydrogen-bond acceptors (Lipinski definition) is 12. The van der Waals surface area contributed by atoms with E-state index in [1.807, 2.05) is 0 Å². The number of alkyl halides is 2. The molecule has 1 aliphatic heterocycles. The predicted molar refractivity (Wildman–Crippen MR) is 150 cm³/mol. The minimum Gasteiger partial charge on any atom is -0.462 e. The lowest BCUT2D eigenvalue weighted by Crippen LogP contribution is -2.47. The number of carbonyl (C=O) groups is 1. The molecule has 4 rings (SSSR count). The molecule has 6 atom stereocenters. The minimum atomic E-state index is -3.73. The summed E-state index contributed by atoms with van der Waals surface area (Å²) in [4.78, 5) is 24.7. The molecule has 41 heavy (non-hydrogen) atoms. The molecule has 13 nitrogen and oxygen atoms in total. The molecule has 0 amide bonds. The van der Waals surface area contributed by atoms with Crippen LogP contribution in [0.1, 0.15) is 33.9 Å². The molecule has 1 aliphatic rings. The Bertz CT molecular complexity index is 1450. The van der Waals surface area contributed by atoms with Gasteiger partial charge in [-0.2, -0.15) is 9.97 Å². The van der Waals surface area contributed by atoms with Crippen molar-refractivity contribution in [2.24, 2.45) is 0 Å². The number of carbonyl (C=O) groups excluding carboxylic acids is 1. The van der Waals surface area contributed by atoms with Crippen molar-refractivity contribution in [1.29, 1.82) is 0 Å². The van der Waals surface area contributed by atoms with Crippen LogP contribution in [-0.2, 0) is 30.6 Å². The summed E-state index contributed by atoms with van der Waals surface area (Å²) in [6.45, 7) is 1.01. The van der Waals surface area contributed by atoms with Gasteiger partial charge in [0.05, 0.1) is 12.4 Å². The first-order valence-electron chi connectivity index (χ1n) is 12.6. The van der Waals surface area contributed by atoms with Crippen molar-refractivity contribution in [1.82, 2.24) is 24.6 Å². The average molecular weight is 616 g/mol. The molecule has 1 unspecified atom stereocenters. The Kier molecular flexibility index (Phi) is 8.83. The van der Waals surface area contributed by atoms with E-state index in [4.69, 9.17) is 36.1 Å². The molecule has 17 heteroatoms. The van der Waals surface area contributed by atoms with Crippen LogP contribution < -0.4 is 20.7 Å². The number of nitrogen functional groups attached to an aromatic ring is 1. The molecule has 0 spiro atoms. The molecule has 2 aromatic heterocycles. The summed E-state index contributed by atoms with van der Waals surface area (Å²) >= 11 is 5.58. The van der Waals surface area contributed by atoms with Gasteiger partial charge < -0.3 is 34.7 Å². The Morgan fingerprint density at radius 1 is 1.29 bits per heavy atom. The highest BCUT2D eigenvalue weighted by atomic mass is 32.5. The molecule has 0 aliphatic carbocycles. The van der Waals surface area contributed by atoms with E-state index in [9.17, 15) is 9.90 Å². The van der Waals surface area contributed by atoms with Gasteiger partial charge >= 0.3 is 12.6 Å². The lowest BCUT2D eigenvalue weighted by atomic mass is 9.97. The lowest BCUT2D eigenvalue weighted by molar-refractivity contribution is -0.202. The Morgan fingerprint density at radius 3 is 2.61 bits per heavy atom. The Morgan fingerprint density at radius 2 is 1.98 bits per heavy atom. The Hall–Kier alpha value is -3.01. The number of imidazole rings is 1. The zero-order chi connectivity index (χ0) is 30.2. The zero-order valence-corrected chi connectivity index (χ0v) is 24.7. The fourth-order valence-electron chi connectivity index (χ4n) is 4.15. The van der Waals surface area contributed by atoms with Gasteiger partial charge in [-0.15, -0.1) is 0 Å². The Balaban J connectivity index is 1.61. The predicted octanol–water partition coefficient (Wildman–Crippen LogP) is 2.98. The van der Waals surface area contributed by atoms with Crippen molar-refractivity contribution in [2.75, 3.05) is 24.7 Å². The highest BCUT2D eigenvalue weighted by Crippen LogP contribution is 2.52. The average Bonchev–Trinajstić information content (AvgIpc) is 3.39. The molecule has 1 aromatic carbocycles. The van der Waals surface area contributed by atoms with Gasteiger partial charge in [0.25, 0.3) is 5.85 Å². The van der Waals surface area contributed by atoms with Gasteiger partial charge in [-0.05, 0) is 51.6 Å². The van der Waals surface area contributed by atoms with E-state index >= 15 is 8.78 Å². The number of nitrogens with zero attached hydrogens (tertiary/aromatic N) is 4. The molecule has 1 saturated heterocycles. The number of halogens is 2. The maximum Gasteiger partial charge on any atom is 0.323 e. The standard InChI is InChI=1S/C24H32F2N7O6PS/c1-13(2)37-19(34)14(3)32-40(41,39-15-9-7-6-8-10-15)36-11-24(26)20(35)23(4,25)21(38-24)33-12-29-16-17(28-5)30-22(27)31-18(16)33/h6-10,12-14,20-21,35H,11H2,1-5H3,(H,32,41)(H3,27,28,30,31)/t14-,20+,21-,23-,24-,40?/m1/s1. The first-order valence-corrected chi connectivity index (χ1v) is 15.2. The van der Waals surface area contributed by atoms with Crippen LogP contribution in [0.5, 0.6) is 5.75 Å². The number of aliphatic hydroxyl groups is 1. The number of para-hydroxylation sites is 1. The monoisotopic (exact) mass is 615 g/mol. The first-order chi connectivity index (χ1) is 19.2. The van der Waals surface area contributed by atoms with E-state index in [-0.39, 0.29) is 28.7 Å². The summed E-state index contributed by atoms with van der Waals surface area (Å²) < 4.78 is 55.6. The van der Waals surface area contributed by atoms with Gasteiger partial charge in [0, 0.05) is 7.05 Å². The van der Waals surface area contributed by atoms with Crippen molar-refractivity contribution in [3.05, 3.63) is 36.7 Å². The lowest BCUT2D eigenvalue weighted by Gasteiger charge is -2.30. The van der Waals surface area contributed by atoms with E-state index < -0.39 is 55.2 Å². The second kappa shape index (κ2) is 11.7. The number of aliphatic hydroxyl groups excluding tert-OH is 1. The van der Waals surface area contributed by atoms with E-state index in [1.165, 1.54) is 13.3 Å². The van der Waals surface area contributed by atoms with Crippen molar-refractivity contribution in [3.63, 3.8) is 0 Å². The second-order valence-corrected chi connectivity index (χ2v) is 13.0. The number of fused-ring (bicyclic) bond motifs is 1. The summed E-state index contributed by atoms with van der Waals surface area (Å²) in [7, 11) is 1.58.